The second-order valence-corrected chi connectivity index (χ2v) is 5.82. The Morgan fingerprint density at radius 2 is 2.20 bits per heavy atom. The normalized spacial score (nSPS) is 12.7. The molecule has 0 aliphatic rings. The van der Waals surface area contributed by atoms with Crippen LogP contribution < -0.4 is 5.73 Å². The fraction of sp³-hybridized carbons (Fsp3) is 0.500. The molecule has 0 saturated carbocycles. The van der Waals surface area contributed by atoms with Crippen LogP contribution in [0.15, 0.2) is 22.7 Å². The van der Waals surface area contributed by atoms with Gasteiger partial charge in [0, 0.05) is 15.9 Å². The molecule has 15 heavy (non-hydrogen) atoms. The lowest BCUT2D eigenvalue weighted by Crippen LogP contribution is -1.97. The molecule has 0 radical (unpaired) electrons. The van der Waals surface area contributed by atoms with E-state index >= 15 is 0 Å². The largest absolute Gasteiger partial charge is 0.398 e. The van der Waals surface area contributed by atoms with Crippen molar-refractivity contribution in [2.45, 2.75) is 26.0 Å². The summed E-state index contributed by atoms with van der Waals surface area (Å²) in [7, 11) is 0. The zero-order chi connectivity index (χ0) is 11.3. The predicted octanol–water partition coefficient (Wildman–Crippen LogP) is 4.31. The highest BCUT2D eigenvalue weighted by atomic mass is 79.9. The quantitative estimate of drug-likeness (QED) is 0.817. The van der Waals surface area contributed by atoms with Crippen LogP contribution in [0.25, 0.3) is 0 Å². The standard InChI is InChI=1S/C12H18BrNS/c1-3-9(2)7-15-8-10-4-5-11(13)6-12(10)14/h4-6,9H,3,7-8,14H2,1-2H3. The second-order valence-electron chi connectivity index (χ2n) is 3.87. The number of hydrogen-bond donors (Lipinski definition) is 1. The highest BCUT2D eigenvalue weighted by molar-refractivity contribution is 9.10. The molecule has 0 bridgehead atoms. The molecule has 1 unspecified atom stereocenters. The maximum absolute atomic E-state index is 5.93. The molecule has 2 N–H and O–H groups in total. The molecule has 0 aliphatic heterocycles. The van der Waals surface area contributed by atoms with Crippen LogP contribution in [0.2, 0.25) is 0 Å². The highest BCUT2D eigenvalue weighted by Crippen LogP contribution is 2.24. The summed E-state index contributed by atoms with van der Waals surface area (Å²) in [5.74, 6) is 3.03. The molecule has 0 aromatic heterocycles. The van der Waals surface area contributed by atoms with Crippen molar-refractivity contribution in [1.29, 1.82) is 0 Å². The minimum Gasteiger partial charge on any atom is -0.398 e. The summed E-state index contributed by atoms with van der Waals surface area (Å²) in [6, 6.07) is 6.12. The van der Waals surface area contributed by atoms with E-state index in [0.29, 0.717) is 0 Å². The van der Waals surface area contributed by atoms with Crippen molar-refractivity contribution in [2.75, 3.05) is 11.5 Å². The number of rotatable bonds is 5. The molecule has 0 heterocycles. The molecule has 1 aromatic carbocycles. The van der Waals surface area contributed by atoms with Crippen molar-refractivity contribution in [3.63, 3.8) is 0 Å². The van der Waals surface area contributed by atoms with Gasteiger partial charge in [-0.15, -0.1) is 0 Å². The molecule has 1 atom stereocenters. The van der Waals surface area contributed by atoms with Gasteiger partial charge in [-0.25, -0.2) is 0 Å². The summed E-state index contributed by atoms with van der Waals surface area (Å²) in [5.41, 5.74) is 8.06. The first-order valence-corrected chi connectivity index (χ1v) is 7.20. The minimum atomic E-state index is 0.798. The number of anilines is 1. The Kier molecular flexibility index (Phi) is 5.54. The first kappa shape index (κ1) is 12.9. The summed E-state index contributed by atoms with van der Waals surface area (Å²) < 4.78 is 1.05. The first-order valence-electron chi connectivity index (χ1n) is 5.25. The third kappa shape index (κ3) is 4.47. The van der Waals surface area contributed by atoms with Crippen LogP contribution in [0.3, 0.4) is 0 Å². The topological polar surface area (TPSA) is 26.0 Å². The van der Waals surface area contributed by atoms with Crippen molar-refractivity contribution in [3.8, 4) is 0 Å². The predicted molar refractivity (Wildman–Crippen MR) is 74.2 cm³/mol. The maximum Gasteiger partial charge on any atom is 0.0366 e. The first-order chi connectivity index (χ1) is 7.13. The van der Waals surface area contributed by atoms with Crippen molar-refractivity contribution < 1.29 is 0 Å². The van der Waals surface area contributed by atoms with Gasteiger partial charge in [0.2, 0.25) is 0 Å². The van der Waals surface area contributed by atoms with E-state index in [1.54, 1.807) is 0 Å². The third-order valence-electron chi connectivity index (χ3n) is 2.46. The van der Waals surface area contributed by atoms with E-state index in [4.69, 9.17) is 5.73 Å². The van der Waals surface area contributed by atoms with E-state index in [9.17, 15) is 0 Å². The Morgan fingerprint density at radius 1 is 1.47 bits per heavy atom. The van der Waals surface area contributed by atoms with Gasteiger partial charge in [-0.2, -0.15) is 11.8 Å². The van der Waals surface area contributed by atoms with Crippen LogP contribution in [0, 0.1) is 5.92 Å². The Morgan fingerprint density at radius 3 is 2.80 bits per heavy atom. The van der Waals surface area contributed by atoms with Gasteiger partial charge in [0.1, 0.15) is 0 Å². The lowest BCUT2D eigenvalue weighted by atomic mass is 10.2. The monoisotopic (exact) mass is 287 g/mol. The Labute approximate surface area is 105 Å². The van der Waals surface area contributed by atoms with E-state index < -0.39 is 0 Å². The van der Waals surface area contributed by atoms with Crippen molar-refractivity contribution in [3.05, 3.63) is 28.2 Å². The maximum atomic E-state index is 5.93. The number of benzene rings is 1. The number of thioether (sulfide) groups is 1. The number of nitrogens with two attached hydrogens (primary N) is 1. The van der Waals surface area contributed by atoms with Gasteiger partial charge in [-0.05, 0) is 29.4 Å². The van der Waals surface area contributed by atoms with E-state index in [-0.39, 0.29) is 0 Å². The molecule has 0 aliphatic carbocycles. The average Bonchev–Trinajstić information content (AvgIpc) is 2.21. The molecule has 0 spiro atoms. The van der Waals surface area contributed by atoms with Crippen LogP contribution in [0.5, 0.6) is 0 Å². The zero-order valence-electron chi connectivity index (χ0n) is 9.29. The molecule has 0 saturated heterocycles. The Bertz CT molecular complexity index is 314. The van der Waals surface area contributed by atoms with Gasteiger partial charge in [-0.1, -0.05) is 42.3 Å². The van der Waals surface area contributed by atoms with Crippen LogP contribution in [-0.2, 0) is 5.75 Å². The molecule has 3 heteroatoms. The number of hydrogen-bond acceptors (Lipinski definition) is 2. The summed E-state index contributed by atoms with van der Waals surface area (Å²) in [6.07, 6.45) is 1.25. The van der Waals surface area contributed by atoms with E-state index in [0.717, 1.165) is 21.8 Å². The van der Waals surface area contributed by atoms with Crippen LogP contribution >= 0.6 is 27.7 Å². The Balaban J connectivity index is 2.44. The Hall–Kier alpha value is -0.150. The smallest absolute Gasteiger partial charge is 0.0366 e. The summed E-state index contributed by atoms with van der Waals surface area (Å²) >= 11 is 5.38. The lowest BCUT2D eigenvalue weighted by Gasteiger charge is -2.09. The fourth-order valence-electron chi connectivity index (χ4n) is 1.19. The number of halogens is 1. The lowest BCUT2D eigenvalue weighted by molar-refractivity contribution is 0.637. The molecular formula is C12H18BrNS. The molecule has 1 nitrogen and oxygen atoms in total. The van der Waals surface area contributed by atoms with Gasteiger partial charge in [0.05, 0.1) is 0 Å². The molecular weight excluding hydrogens is 270 g/mol. The summed E-state index contributed by atoms with van der Waals surface area (Å²) in [5, 5.41) is 0. The van der Waals surface area contributed by atoms with Gasteiger partial charge >= 0.3 is 0 Å². The van der Waals surface area contributed by atoms with Gasteiger partial charge < -0.3 is 5.73 Å². The van der Waals surface area contributed by atoms with Crippen molar-refractivity contribution in [2.24, 2.45) is 5.92 Å². The van der Waals surface area contributed by atoms with E-state index in [1.165, 1.54) is 17.7 Å². The average molecular weight is 288 g/mol. The van der Waals surface area contributed by atoms with Gasteiger partial charge in [-0.3, -0.25) is 0 Å². The van der Waals surface area contributed by atoms with Crippen LogP contribution in [0.4, 0.5) is 5.69 Å². The van der Waals surface area contributed by atoms with Gasteiger partial charge in [0.25, 0.3) is 0 Å². The highest BCUT2D eigenvalue weighted by Gasteiger charge is 2.02. The molecule has 0 fully saturated rings. The van der Waals surface area contributed by atoms with Crippen molar-refractivity contribution in [1.82, 2.24) is 0 Å². The van der Waals surface area contributed by atoms with Crippen LogP contribution in [-0.4, -0.2) is 5.75 Å². The van der Waals surface area contributed by atoms with Gasteiger partial charge in [0.15, 0.2) is 0 Å². The van der Waals surface area contributed by atoms with Crippen LogP contribution in [0.1, 0.15) is 25.8 Å². The fourth-order valence-corrected chi connectivity index (χ4v) is 2.80. The third-order valence-corrected chi connectivity index (χ3v) is 4.28. The molecule has 84 valence electrons. The van der Waals surface area contributed by atoms with Crippen molar-refractivity contribution >= 4 is 33.4 Å². The zero-order valence-corrected chi connectivity index (χ0v) is 11.7. The van der Waals surface area contributed by atoms with E-state index in [1.807, 2.05) is 17.8 Å². The minimum absolute atomic E-state index is 0.798. The summed E-state index contributed by atoms with van der Waals surface area (Å²) in [4.78, 5) is 0. The second kappa shape index (κ2) is 6.44. The SMILES string of the molecule is CCC(C)CSCc1ccc(Br)cc1N. The summed E-state index contributed by atoms with van der Waals surface area (Å²) in [6.45, 7) is 4.52. The number of nitrogen functional groups attached to an aromatic ring is 1. The molecule has 1 aromatic rings. The molecule has 1 rings (SSSR count). The van der Waals surface area contributed by atoms with E-state index in [2.05, 4.69) is 41.9 Å². The molecule has 0 amide bonds.